The molecule has 0 bridgehead atoms. The molecule has 37 heavy (non-hydrogen) atoms. The number of imidazole rings is 1. The van der Waals surface area contributed by atoms with Crippen molar-refractivity contribution in [1.29, 1.82) is 0 Å². The second-order valence-electron chi connectivity index (χ2n) is 8.02. The van der Waals surface area contributed by atoms with Crippen molar-refractivity contribution in [3.05, 3.63) is 76.3 Å². The zero-order valence-electron chi connectivity index (χ0n) is 20.5. The van der Waals surface area contributed by atoms with Crippen molar-refractivity contribution in [2.24, 2.45) is 0 Å². The monoisotopic (exact) mass is 548 g/mol. The number of benzene rings is 1. The van der Waals surface area contributed by atoms with Gasteiger partial charge in [-0.3, -0.25) is 4.79 Å². The number of nitrogens with one attached hydrogen (secondary N) is 3. The van der Waals surface area contributed by atoms with Crippen LogP contribution in [0.15, 0.2) is 47.7 Å². The maximum atomic E-state index is 13.0. The van der Waals surface area contributed by atoms with Crippen LogP contribution in [0, 0.1) is 0 Å². The molecule has 3 heterocycles. The third-order valence-corrected chi connectivity index (χ3v) is 8.12. The summed E-state index contributed by atoms with van der Waals surface area (Å²) in [4.78, 5) is 25.6. The summed E-state index contributed by atoms with van der Waals surface area (Å²) in [7, 11) is -1.29. The molecular weight excluding hydrogens is 512 g/mol. The molecule has 1 atom stereocenters. The van der Waals surface area contributed by atoms with Gasteiger partial charge >= 0.3 is 0 Å². The lowest BCUT2D eigenvalue weighted by atomic mass is 10.2. The van der Waals surface area contributed by atoms with Gasteiger partial charge in [0.2, 0.25) is 0 Å². The minimum absolute atomic E-state index is 0. The number of aromatic amines is 1. The number of morpholine rings is 1. The quantitative estimate of drug-likeness (QED) is 0.297. The van der Waals surface area contributed by atoms with E-state index in [4.69, 9.17) is 4.74 Å². The highest BCUT2D eigenvalue weighted by Crippen LogP contribution is 2.18. The van der Waals surface area contributed by atoms with Crippen molar-refractivity contribution >= 4 is 40.4 Å². The van der Waals surface area contributed by atoms with Crippen molar-refractivity contribution in [1.82, 2.24) is 29.9 Å². The second kappa shape index (κ2) is 14.1. The highest BCUT2D eigenvalue weighted by atomic mass is 32.2. The number of carbonyl (C=O) groups excluding carboxylic acids is 1. The maximum absolute atomic E-state index is 13.0. The average molecular weight is 549 g/mol. The van der Waals surface area contributed by atoms with E-state index < -0.39 is 11.0 Å². The zero-order valence-corrected chi connectivity index (χ0v) is 22.1. The first-order valence-electron chi connectivity index (χ1n) is 11.7. The fourth-order valence-corrected chi connectivity index (χ4v) is 5.81. The fourth-order valence-electron chi connectivity index (χ4n) is 3.72. The van der Waals surface area contributed by atoms with Crippen molar-refractivity contribution in [3.63, 3.8) is 0 Å². The normalized spacial score (nSPS) is 14.5. The Morgan fingerprint density at radius 2 is 2.00 bits per heavy atom. The number of hydrogen-bond acceptors (Lipinski definition) is 7. The smallest absolute Gasteiger partial charge is 0.271 e. The van der Waals surface area contributed by atoms with Gasteiger partial charge in [0.1, 0.15) is 22.5 Å². The molecule has 0 saturated carbocycles. The van der Waals surface area contributed by atoms with Crippen LogP contribution in [-0.2, 0) is 35.2 Å². The fraction of sp³-hybridized carbons (Fsp3) is 0.320. The van der Waals surface area contributed by atoms with Gasteiger partial charge in [-0.2, -0.15) is 0 Å². The van der Waals surface area contributed by atoms with Gasteiger partial charge in [-0.25, -0.2) is 18.5 Å². The lowest BCUT2D eigenvalue weighted by Gasteiger charge is -2.26. The first kappa shape index (κ1) is 28.6. The van der Waals surface area contributed by atoms with E-state index in [-0.39, 0.29) is 20.8 Å². The molecule has 12 heteroatoms. The van der Waals surface area contributed by atoms with E-state index in [2.05, 4.69) is 38.7 Å². The standard InChI is InChI=1S/C25H30N6O3S2.H2O.2H2/c1-3-19-20(4-2)29-23(28-19)16-26-10-9-24-30-21(17-35-24)25(32)27-15-18-7-5-6-8-22(18)36(33)31-11-13-34-14-12-31;;;/h3-8,17,26H,1-2,9-16H2,(H,27,32)(H,28,29);1H2;2*1H. The summed E-state index contributed by atoms with van der Waals surface area (Å²) in [5.74, 6) is 0.566. The SMILES string of the molecule is C=Cc1nc(CNCCc2nc(C(=O)NCc3ccccc3S(=O)N3CCOCC3)cs2)[nH]c1C=C.O.[HH].[HH]. The van der Waals surface area contributed by atoms with Crippen LogP contribution >= 0.6 is 11.3 Å². The molecule has 1 amide bonds. The van der Waals surface area contributed by atoms with E-state index in [0.29, 0.717) is 56.4 Å². The molecule has 4 rings (SSSR count). The molecular formula is C25H36N6O4S2. The van der Waals surface area contributed by atoms with Crippen LogP contribution in [0.3, 0.4) is 0 Å². The van der Waals surface area contributed by atoms with Crippen LogP contribution in [0.25, 0.3) is 12.2 Å². The van der Waals surface area contributed by atoms with Gasteiger partial charge in [-0.1, -0.05) is 31.4 Å². The highest BCUT2D eigenvalue weighted by molar-refractivity contribution is 7.82. The third-order valence-electron chi connectivity index (χ3n) is 5.60. The first-order valence-corrected chi connectivity index (χ1v) is 13.7. The summed E-state index contributed by atoms with van der Waals surface area (Å²) in [6.07, 6.45) is 4.11. The molecule has 1 aliphatic heterocycles. The van der Waals surface area contributed by atoms with Crippen LogP contribution < -0.4 is 10.6 Å². The van der Waals surface area contributed by atoms with Crippen molar-refractivity contribution < 1.29 is 22.1 Å². The summed E-state index contributed by atoms with van der Waals surface area (Å²) in [6.45, 7) is 11.5. The minimum atomic E-state index is -1.29. The third kappa shape index (κ3) is 7.51. The number of amides is 1. The molecule has 2 aromatic heterocycles. The van der Waals surface area contributed by atoms with Crippen LogP contribution in [0.1, 0.15) is 41.1 Å². The number of thiazole rings is 1. The average Bonchev–Trinajstić information content (AvgIpc) is 3.57. The predicted molar refractivity (Wildman–Crippen MR) is 151 cm³/mol. The Balaban J connectivity index is 0.00000253. The summed E-state index contributed by atoms with van der Waals surface area (Å²) >= 11 is 1.46. The maximum Gasteiger partial charge on any atom is 0.271 e. The lowest BCUT2D eigenvalue weighted by molar-refractivity contribution is 0.0752. The van der Waals surface area contributed by atoms with E-state index in [1.54, 1.807) is 17.5 Å². The molecule has 202 valence electrons. The predicted octanol–water partition coefficient (Wildman–Crippen LogP) is 2.44. The topological polar surface area (TPSA) is 144 Å². The number of rotatable bonds is 12. The van der Waals surface area contributed by atoms with E-state index in [1.165, 1.54) is 11.3 Å². The molecule has 3 aromatic rings. The van der Waals surface area contributed by atoms with Crippen molar-refractivity contribution in [2.75, 3.05) is 32.8 Å². The van der Waals surface area contributed by atoms with Gasteiger partial charge in [-0.15, -0.1) is 11.3 Å². The summed E-state index contributed by atoms with van der Waals surface area (Å²) in [5.41, 5.74) is 2.85. The van der Waals surface area contributed by atoms with Crippen LogP contribution in [0.4, 0.5) is 0 Å². The van der Waals surface area contributed by atoms with Gasteiger partial charge in [0.15, 0.2) is 0 Å². The van der Waals surface area contributed by atoms with Crippen molar-refractivity contribution in [2.45, 2.75) is 24.4 Å². The van der Waals surface area contributed by atoms with Crippen LogP contribution in [0.5, 0.6) is 0 Å². The largest absolute Gasteiger partial charge is 0.412 e. The molecule has 0 radical (unpaired) electrons. The summed E-state index contributed by atoms with van der Waals surface area (Å²) in [5, 5.41) is 8.89. The minimum Gasteiger partial charge on any atom is -0.412 e. The Labute approximate surface area is 225 Å². The molecule has 5 N–H and O–H groups in total. The molecule has 1 aliphatic rings. The molecule has 0 spiro atoms. The van der Waals surface area contributed by atoms with Crippen LogP contribution in [-0.4, -0.2) is 67.7 Å². The molecule has 1 aromatic carbocycles. The van der Waals surface area contributed by atoms with Gasteiger partial charge < -0.3 is 25.8 Å². The molecule has 10 nitrogen and oxygen atoms in total. The Hall–Kier alpha value is -3.00. The van der Waals surface area contributed by atoms with E-state index in [0.717, 1.165) is 27.8 Å². The summed E-state index contributed by atoms with van der Waals surface area (Å²) < 4.78 is 20.3. The molecule has 1 unspecified atom stereocenters. The second-order valence-corrected chi connectivity index (χ2v) is 10.4. The van der Waals surface area contributed by atoms with Crippen LogP contribution in [0.2, 0.25) is 0 Å². The van der Waals surface area contributed by atoms with Gasteiger partial charge in [-0.05, 0) is 23.8 Å². The summed E-state index contributed by atoms with van der Waals surface area (Å²) in [6, 6.07) is 7.48. The number of ether oxygens (including phenoxy) is 1. The number of aromatic nitrogens is 3. The Kier molecular flexibility index (Phi) is 10.9. The molecule has 1 fully saturated rings. The first-order chi connectivity index (χ1) is 17.6. The molecule has 1 saturated heterocycles. The number of nitrogens with zero attached hydrogens (tertiary/aromatic N) is 3. The van der Waals surface area contributed by atoms with E-state index >= 15 is 0 Å². The number of hydrogen-bond donors (Lipinski definition) is 3. The Bertz CT molecular complexity index is 1220. The van der Waals surface area contributed by atoms with E-state index in [9.17, 15) is 9.00 Å². The number of H-pyrrole nitrogens is 1. The van der Waals surface area contributed by atoms with Crippen molar-refractivity contribution in [3.8, 4) is 0 Å². The van der Waals surface area contributed by atoms with E-state index in [1.807, 2.05) is 28.6 Å². The highest BCUT2D eigenvalue weighted by Gasteiger charge is 2.21. The van der Waals surface area contributed by atoms with Gasteiger partial charge in [0.25, 0.3) is 5.91 Å². The lowest BCUT2D eigenvalue weighted by Crippen LogP contribution is -2.38. The zero-order chi connectivity index (χ0) is 25.3. The van der Waals surface area contributed by atoms with Gasteiger partial charge in [0.05, 0.1) is 41.0 Å². The Morgan fingerprint density at radius 3 is 2.73 bits per heavy atom. The molecule has 0 aliphatic carbocycles. The number of carbonyl (C=O) groups is 1. The van der Waals surface area contributed by atoms with Gasteiger partial charge in [0, 0.05) is 40.8 Å². The Morgan fingerprint density at radius 1 is 1.22 bits per heavy atom.